The highest BCUT2D eigenvalue weighted by molar-refractivity contribution is 5.84. The molecule has 2 amide bonds. The summed E-state index contributed by atoms with van der Waals surface area (Å²) in [6, 6.07) is 12.6. The molecule has 2 aromatic carbocycles. The SMILES string of the molecule is COCCCN1CCOc2ccc(CO[C@H]3CN(C(=O)O)[C@H](C(N)=O)C[C@@H]3c3ccc(OC)cc3)cc21. The molecule has 2 aliphatic rings. The highest BCUT2D eigenvalue weighted by Gasteiger charge is 2.42. The Morgan fingerprint density at radius 1 is 1.16 bits per heavy atom. The number of hydrogen-bond donors (Lipinski definition) is 2. The lowest BCUT2D eigenvalue weighted by Crippen LogP contribution is -2.56. The van der Waals surface area contributed by atoms with Crippen molar-refractivity contribution in [1.82, 2.24) is 4.90 Å². The molecule has 0 aliphatic carbocycles. The van der Waals surface area contributed by atoms with Crippen LogP contribution < -0.4 is 20.1 Å². The Bertz CT molecular complexity index is 1080. The first kappa shape index (κ1) is 26.6. The second-order valence-electron chi connectivity index (χ2n) is 9.30. The van der Waals surface area contributed by atoms with Crippen LogP contribution in [0.5, 0.6) is 11.5 Å². The van der Waals surface area contributed by atoms with Gasteiger partial charge in [-0.2, -0.15) is 0 Å². The lowest BCUT2D eigenvalue weighted by atomic mass is 9.83. The molecule has 10 heteroatoms. The van der Waals surface area contributed by atoms with E-state index in [0.29, 0.717) is 19.0 Å². The maximum atomic E-state index is 12.1. The Morgan fingerprint density at radius 3 is 2.62 bits per heavy atom. The normalized spacial score (nSPS) is 21.2. The van der Waals surface area contributed by atoms with Crippen molar-refractivity contribution in [2.24, 2.45) is 5.73 Å². The van der Waals surface area contributed by atoms with Crippen molar-refractivity contribution in [3.63, 3.8) is 0 Å². The molecule has 0 aromatic heterocycles. The largest absolute Gasteiger partial charge is 0.497 e. The summed E-state index contributed by atoms with van der Waals surface area (Å²) in [4.78, 5) is 27.4. The predicted octanol–water partition coefficient (Wildman–Crippen LogP) is 2.84. The van der Waals surface area contributed by atoms with E-state index in [2.05, 4.69) is 11.0 Å². The number of rotatable bonds is 10. The molecule has 2 aliphatic heterocycles. The van der Waals surface area contributed by atoms with Crippen LogP contribution in [0.15, 0.2) is 42.5 Å². The summed E-state index contributed by atoms with van der Waals surface area (Å²) in [6.07, 6.45) is -0.508. The first-order valence-electron chi connectivity index (χ1n) is 12.4. The van der Waals surface area contributed by atoms with Crippen LogP contribution in [0.2, 0.25) is 0 Å². The van der Waals surface area contributed by atoms with Crippen molar-refractivity contribution >= 4 is 17.7 Å². The third-order valence-corrected chi connectivity index (χ3v) is 7.02. The predicted molar refractivity (Wildman–Crippen MR) is 137 cm³/mol. The summed E-state index contributed by atoms with van der Waals surface area (Å²) in [5.41, 5.74) is 8.49. The Balaban J connectivity index is 1.54. The van der Waals surface area contributed by atoms with Gasteiger partial charge in [0.05, 0.1) is 38.6 Å². The first-order valence-corrected chi connectivity index (χ1v) is 12.4. The Kier molecular flexibility index (Phi) is 8.73. The van der Waals surface area contributed by atoms with Crippen LogP contribution in [0.3, 0.4) is 0 Å². The van der Waals surface area contributed by atoms with Gasteiger partial charge in [-0.05, 0) is 48.2 Å². The Labute approximate surface area is 216 Å². The van der Waals surface area contributed by atoms with Gasteiger partial charge in [-0.1, -0.05) is 18.2 Å². The van der Waals surface area contributed by atoms with Gasteiger partial charge >= 0.3 is 6.09 Å². The second-order valence-corrected chi connectivity index (χ2v) is 9.30. The number of carbonyl (C=O) groups excluding carboxylic acids is 1. The summed E-state index contributed by atoms with van der Waals surface area (Å²) in [5, 5.41) is 9.75. The molecule has 0 radical (unpaired) electrons. The van der Waals surface area contributed by atoms with E-state index in [1.54, 1.807) is 14.2 Å². The maximum absolute atomic E-state index is 12.1. The van der Waals surface area contributed by atoms with Crippen LogP contribution in [-0.4, -0.2) is 81.2 Å². The van der Waals surface area contributed by atoms with Crippen molar-refractivity contribution in [3.05, 3.63) is 53.6 Å². The first-order chi connectivity index (χ1) is 17.9. The fourth-order valence-electron chi connectivity index (χ4n) is 5.06. The smallest absolute Gasteiger partial charge is 0.408 e. The summed E-state index contributed by atoms with van der Waals surface area (Å²) >= 11 is 0. The molecule has 0 unspecified atom stereocenters. The highest BCUT2D eigenvalue weighted by atomic mass is 16.5. The molecule has 200 valence electrons. The van der Waals surface area contributed by atoms with Crippen molar-refractivity contribution in [1.29, 1.82) is 0 Å². The fourth-order valence-corrected chi connectivity index (χ4v) is 5.06. The summed E-state index contributed by atoms with van der Waals surface area (Å²) < 4.78 is 22.7. The zero-order valence-electron chi connectivity index (χ0n) is 21.3. The average Bonchev–Trinajstić information content (AvgIpc) is 2.91. The number of likely N-dealkylation sites (tertiary alicyclic amines) is 1. The number of methoxy groups -OCH3 is 2. The van der Waals surface area contributed by atoms with Gasteiger partial charge in [0.15, 0.2) is 0 Å². The number of piperidine rings is 1. The van der Waals surface area contributed by atoms with Gasteiger partial charge < -0.3 is 34.7 Å². The minimum atomic E-state index is -1.19. The van der Waals surface area contributed by atoms with E-state index in [-0.39, 0.29) is 25.5 Å². The molecule has 2 heterocycles. The number of hydrogen-bond acceptors (Lipinski definition) is 7. The van der Waals surface area contributed by atoms with Gasteiger partial charge in [0, 0.05) is 26.2 Å². The second kappa shape index (κ2) is 12.2. The van der Waals surface area contributed by atoms with E-state index < -0.39 is 24.1 Å². The van der Waals surface area contributed by atoms with E-state index in [0.717, 1.165) is 47.0 Å². The van der Waals surface area contributed by atoms with Crippen LogP contribution in [0.25, 0.3) is 0 Å². The topological polar surface area (TPSA) is 124 Å². The fraction of sp³-hybridized carbons (Fsp3) is 0.481. The van der Waals surface area contributed by atoms with Gasteiger partial charge in [0.25, 0.3) is 0 Å². The molecule has 4 rings (SSSR count). The number of anilines is 1. The lowest BCUT2D eigenvalue weighted by Gasteiger charge is -2.41. The molecule has 1 fully saturated rings. The van der Waals surface area contributed by atoms with E-state index in [1.165, 1.54) is 0 Å². The molecule has 2 aromatic rings. The Hall–Kier alpha value is -3.50. The number of fused-ring (bicyclic) bond motifs is 1. The van der Waals surface area contributed by atoms with Gasteiger partial charge in [0.2, 0.25) is 5.91 Å². The molecular weight excluding hydrogens is 478 g/mol. The van der Waals surface area contributed by atoms with Gasteiger partial charge in [-0.25, -0.2) is 4.79 Å². The minimum absolute atomic E-state index is 0.0385. The van der Waals surface area contributed by atoms with Crippen molar-refractivity contribution < 1.29 is 33.6 Å². The molecule has 3 N–H and O–H groups in total. The van der Waals surface area contributed by atoms with Crippen molar-refractivity contribution in [2.45, 2.75) is 37.5 Å². The number of primary amides is 1. The van der Waals surface area contributed by atoms with Crippen LogP contribution in [0.4, 0.5) is 10.5 Å². The molecule has 10 nitrogen and oxygen atoms in total. The number of ether oxygens (including phenoxy) is 4. The molecule has 0 bridgehead atoms. The van der Waals surface area contributed by atoms with Crippen molar-refractivity contribution in [3.8, 4) is 11.5 Å². The van der Waals surface area contributed by atoms with Crippen LogP contribution in [0.1, 0.15) is 29.9 Å². The molecular formula is C27H35N3O7. The lowest BCUT2D eigenvalue weighted by molar-refractivity contribution is -0.126. The number of carbonyl (C=O) groups is 2. The van der Waals surface area contributed by atoms with Crippen LogP contribution in [0, 0.1) is 0 Å². The monoisotopic (exact) mass is 513 g/mol. The van der Waals surface area contributed by atoms with Crippen LogP contribution in [-0.2, 0) is 20.9 Å². The van der Waals surface area contributed by atoms with Crippen LogP contribution >= 0.6 is 0 Å². The molecule has 0 spiro atoms. The summed E-state index contributed by atoms with van der Waals surface area (Å²) in [7, 11) is 3.29. The molecule has 3 atom stereocenters. The molecule has 0 saturated carbocycles. The number of carboxylic acid groups (broad SMARTS) is 1. The highest BCUT2D eigenvalue weighted by Crippen LogP contribution is 2.36. The minimum Gasteiger partial charge on any atom is -0.497 e. The van der Waals surface area contributed by atoms with Gasteiger partial charge in [0.1, 0.15) is 24.1 Å². The zero-order chi connectivity index (χ0) is 26.4. The molecule has 1 saturated heterocycles. The standard InChI is InChI=1S/C27H35N3O7/c1-34-12-3-10-29-11-13-36-24-9-4-18(14-22(24)29)17-37-25-16-30(27(32)33)23(26(28)31)15-21(25)19-5-7-20(35-2)8-6-19/h4-9,14,21,23,25H,3,10-13,15-17H2,1-2H3,(H2,28,31)(H,32,33)/t21-,23+,25+/m1/s1. The summed E-state index contributed by atoms with van der Waals surface area (Å²) in [6.45, 7) is 3.30. The number of amides is 2. The van der Waals surface area contributed by atoms with E-state index in [4.69, 9.17) is 24.7 Å². The third-order valence-electron chi connectivity index (χ3n) is 7.02. The Morgan fingerprint density at radius 2 is 1.95 bits per heavy atom. The average molecular weight is 514 g/mol. The van der Waals surface area contributed by atoms with Crippen molar-refractivity contribution in [2.75, 3.05) is 52.0 Å². The quantitative estimate of drug-likeness (QED) is 0.465. The number of nitrogens with zero attached hydrogens (tertiary/aromatic N) is 2. The van der Waals surface area contributed by atoms with E-state index in [1.807, 2.05) is 36.4 Å². The van der Waals surface area contributed by atoms with Gasteiger partial charge in [-0.3, -0.25) is 9.69 Å². The summed E-state index contributed by atoms with van der Waals surface area (Å²) in [5.74, 6) is 0.664. The van der Waals surface area contributed by atoms with E-state index in [9.17, 15) is 14.7 Å². The molecule has 37 heavy (non-hydrogen) atoms. The number of benzene rings is 2. The number of nitrogens with two attached hydrogens (primary N) is 1. The maximum Gasteiger partial charge on any atom is 0.408 e. The zero-order valence-corrected chi connectivity index (χ0v) is 21.3. The van der Waals surface area contributed by atoms with Gasteiger partial charge in [-0.15, -0.1) is 0 Å². The van der Waals surface area contributed by atoms with E-state index >= 15 is 0 Å². The third kappa shape index (κ3) is 6.26.